The van der Waals surface area contributed by atoms with E-state index in [4.69, 9.17) is 4.98 Å². The van der Waals surface area contributed by atoms with Gasteiger partial charge in [-0.1, -0.05) is 60.7 Å². The van der Waals surface area contributed by atoms with Crippen LogP contribution in [0.2, 0.25) is 0 Å². The minimum Gasteiger partial charge on any atom is -0.333 e. The number of hydrogen-bond donors (Lipinski definition) is 1. The van der Waals surface area contributed by atoms with Gasteiger partial charge in [0.1, 0.15) is 10.7 Å². The fourth-order valence-electron chi connectivity index (χ4n) is 4.44. The number of aryl methyl sites for hydroxylation is 2. The summed E-state index contributed by atoms with van der Waals surface area (Å²) in [5.41, 5.74) is 3.37. The van der Waals surface area contributed by atoms with Gasteiger partial charge in [0.25, 0.3) is 5.56 Å². The lowest BCUT2D eigenvalue weighted by molar-refractivity contribution is -0.129. The van der Waals surface area contributed by atoms with E-state index in [-0.39, 0.29) is 11.5 Å². The molecule has 0 aliphatic heterocycles. The van der Waals surface area contributed by atoms with E-state index in [0.29, 0.717) is 30.4 Å². The molecule has 1 N–H and O–H groups in total. The van der Waals surface area contributed by atoms with Gasteiger partial charge in [0.15, 0.2) is 0 Å². The molecular weight excluding hydrogens is 462 g/mol. The maximum Gasteiger partial charge on any atom is 0.259 e. The normalized spacial score (nSPS) is 13.1. The minimum absolute atomic E-state index is 0.0406. The summed E-state index contributed by atoms with van der Waals surface area (Å²) in [5.74, 6) is 1.56. The molecule has 174 valence electrons. The number of aromatic nitrogens is 2. The third-order valence-corrected chi connectivity index (χ3v) is 8.24. The molecule has 0 radical (unpaired) electrons. The van der Waals surface area contributed by atoms with Crippen molar-refractivity contribution in [2.45, 2.75) is 44.5 Å². The maximum absolute atomic E-state index is 13.2. The first-order valence-corrected chi connectivity index (χ1v) is 13.6. The largest absolute Gasteiger partial charge is 0.333 e. The van der Waals surface area contributed by atoms with Crippen molar-refractivity contribution in [2.24, 2.45) is 0 Å². The summed E-state index contributed by atoms with van der Waals surface area (Å²) < 4.78 is 0. The van der Waals surface area contributed by atoms with E-state index in [0.717, 1.165) is 40.6 Å². The number of nitrogens with zero attached hydrogens (tertiary/aromatic N) is 2. The molecule has 2 aromatic heterocycles. The number of aromatic amines is 1. The van der Waals surface area contributed by atoms with Crippen LogP contribution in [-0.2, 0) is 36.5 Å². The second kappa shape index (κ2) is 10.6. The van der Waals surface area contributed by atoms with Crippen LogP contribution >= 0.6 is 23.1 Å². The zero-order chi connectivity index (χ0) is 23.3. The Morgan fingerprint density at radius 3 is 2.29 bits per heavy atom. The third-order valence-electron chi connectivity index (χ3n) is 6.12. The Morgan fingerprint density at radius 2 is 1.62 bits per heavy atom. The lowest BCUT2D eigenvalue weighted by atomic mass is 9.97. The van der Waals surface area contributed by atoms with Gasteiger partial charge in [-0.25, -0.2) is 4.98 Å². The average molecular weight is 490 g/mol. The van der Waals surface area contributed by atoms with E-state index in [1.165, 1.54) is 28.6 Å². The van der Waals surface area contributed by atoms with Crippen LogP contribution in [0.1, 0.15) is 40.2 Å². The number of carbonyl (C=O) groups excluding carboxylic acids is 1. The molecule has 1 amide bonds. The highest BCUT2D eigenvalue weighted by Gasteiger charge is 2.20. The fraction of sp³-hybridized carbons (Fsp3) is 0.296. The lowest BCUT2D eigenvalue weighted by Gasteiger charge is -2.23. The number of rotatable bonds is 8. The van der Waals surface area contributed by atoms with Crippen LogP contribution in [0.15, 0.2) is 65.5 Å². The molecule has 0 saturated heterocycles. The molecule has 0 bridgehead atoms. The molecule has 1 aliphatic carbocycles. The summed E-state index contributed by atoms with van der Waals surface area (Å²) in [6.45, 7) is 1.13. The van der Waals surface area contributed by atoms with Crippen molar-refractivity contribution in [2.75, 3.05) is 5.75 Å². The number of amides is 1. The van der Waals surface area contributed by atoms with E-state index >= 15 is 0 Å². The summed E-state index contributed by atoms with van der Waals surface area (Å²) in [4.78, 5) is 37.7. The van der Waals surface area contributed by atoms with Crippen LogP contribution in [0.5, 0.6) is 0 Å². The molecule has 2 aromatic carbocycles. The predicted octanol–water partition coefficient (Wildman–Crippen LogP) is 5.33. The van der Waals surface area contributed by atoms with Gasteiger partial charge in [-0.15, -0.1) is 23.1 Å². The Labute approximate surface area is 207 Å². The standard InChI is InChI=1S/C27H27N3O2S2/c31-24(30(15-19-9-3-1-4-10-19)16-20-11-5-2-6-12-20)18-33-17-23-28-26(32)25-21-13-7-8-14-22(21)34-27(25)29-23/h1-6,9-12H,7-8,13-18H2,(H,28,29,32). The molecule has 1 aliphatic rings. The summed E-state index contributed by atoms with van der Waals surface area (Å²) in [6, 6.07) is 20.1. The van der Waals surface area contributed by atoms with Crippen molar-refractivity contribution in [1.82, 2.24) is 14.9 Å². The second-order valence-electron chi connectivity index (χ2n) is 8.62. The molecule has 0 atom stereocenters. The van der Waals surface area contributed by atoms with Crippen LogP contribution in [0, 0.1) is 0 Å². The van der Waals surface area contributed by atoms with Crippen LogP contribution in [0.4, 0.5) is 0 Å². The second-order valence-corrected chi connectivity index (χ2v) is 10.7. The smallest absolute Gasteiger partial charge is 0.259 e. The number of thiophene rings is 1. The first-order chi connectivity index (χ1) is 16.7. The Bertz CT molecular complexity index is 1290. The number of fused-ring (bicyclic) bond motifs is 3. The molecule has 2 heterocycles. The van der Waals surface area contributed by atoms with E-state index in [1.54, 1.807) is 11.3 Å². The highest BCUT2D eigenvalue weighted by Crippen LogP contribution is 2.33. The Balaban J connectivity index is 1.26. The topological polar surface area (TPSA) is 66.1 Å². The summed E-state index contributed by atoms with van der Waals surface area (Å²) in [7, 11) is 0. The zero-order valence-corrected chi connectivity index (χ0v) is 20.6. The molecule has 34 heavy (non-hydrogen) atoms. The first-order valence-electron chi connectivity index (χ1n) is 11.6. The number of nitrogens with one attached hydrogen (secondary N) is 1. The van der Waals surface area contributed by atoms with Crippen molar-refractivity contribution < 1.29 is 4.79 Å². The molecule has 0 unspecified atom stereocenters. The summed E-state index contributed by atoms with van der Waals surface area (Å²) in [5, 5.41) is 0.779. The van der Waals surface area contributed by atoms with Crippen molar-refractivity contribution in [3.05, 3.63) is 98.4 Å². The van der Waals surface area contributed by atoms with Gasteiger partial charge in [-0.05, 0) is 42.4 Å². The van der Waals surface area contributed by atoms with Gasteiger partial charge in [0, 0.05) is 18.0 Å². The number of H-pyrrole nitrogens is 1. The number of thioether (sulfide) groups is 1. The molecule has 5 nitrogen and oxygen atoms in total. The van der Waals surface area contributed by atoms with Crippen LogP contribution in [0.3, 0.4) is 0 Å². The predicted molar refractivity (Wildman–Crippen MR) is 140 cm³/mol. The summed E-state index contributed by atoms with van der Waals surface area (Å²) >= 11 is 3.16. The first kappa shape index (κ1) is 22.9. The average Bonchev–Trinajstić information content (AvgIpc) is 3.24. The van der Waals surface area contributed by atoms with Crippen LogP contribution in [-0.4, -0.2) is 26.5 Å². The van der Waals surface area contributed by atoms with Gasteiger partial charge in [0.05, 0.1) is 16.9 Å². The third kappa shape index (κ3) is 5.26. The van der Waals surface area contributed by atoms with Crippen molar-refractivity contribution in [3.8, 4) is 0 Å². The number of benzene rings is 2. The quantitative estimate of drug-likeness (QED) is 0.364. The Morgan fingerprint density at radius 1 is 0.971 bits per heavy atom. The van der Waals surface area contributed by atoms with Gasteiger partial charge in [-0.2, -0.15) is 0 Å². The van der Waals surface area contributed by atoms with Crippen molar-refractivity contribution >= 4 is 39.2 Å². The fourth-order valence-corrected chi connectivity index (χ4v) is 6.51. The zero-order valence-electron chi connectivity index (χ0n) is 19.0. The number of hydrogen-bond acceptors (Lipinski definition) is 5. The monoisotopic (exact) mass is 489 g/mol. The van der Waals surface area contributed by atoms with Gasteiger partial charge < -0.3 is 9.88 Å². The van der Waals surface area contributed by atoms with E-state index < -0.39 is 0 Å². The molecule has 7 heteroatoms. The van der Waals surface area contributed by atoms with Gasteiger partial charge >= 0.3 is 0 Å². The molecule has 0 spiro atoms. The van der Waals surface area contributed by atoms with E-state index in [2.05, 4.69) is 4.98 Å². The van der Waals surface area contributed by atoms with Gasteiger partial charge in [0.2, 0.25) is 5.91 Å². The molecule has 4 aromatic rings. The molecule has 5 rings (SSSR count). The van der Waals surface area contributed by atoms with Crippen molar-refractivity contribution in [3.63, 3.8) is 0 Å². The van der Waals surface area contributed by atoms with Crippen molar-refractivity contribution in [1.29, 1.82) is 0 Å². The molecule has 0 fully saturated rings. The molecular formula is C27H27N3O2S2. The number of carbonyl (C=O) groups is 1. The minimum atomic E-state index is -0.0406. The summed E-state index contributed by atoms with van der Waals surface area (Å²) in [6.07, 6.45) is 4.35. The van der Waals surface area contributed by atoms with E-state index in [9.17, 15) is 9.59 Å². The van der Waals surface area contributed by atoms with E-state index in [1.807, 2.05) is 65.6 Å². The van der Waals surface area contributed by atoms with Crippen LogP contribution in [0.25, 0.3) is 10.2 Å². The Kier molecular flexibility index (Phi) is 7.11. The molecule has 0 saturated carbocycles. The highest BCUT2D eigenvalue weighted by molar-refractivity contribution is 7.99. The highest BCUT2D eigenvalue weighted by atomic mass is 32.2. The maximum atomic E-state index is 13.2. The Hall–Kier alpha value is -2.90. The lowest BCUT2D eigenvalue weighted by Crippen LogP contribution is -2.31. The SMILES string of the molecule is O=C(CSCc1nc2sc3c(c2c(=O)[nH]1)CCCC3)N(Cc1ccccc1)Cc1ccccc1. The van der Waals surface area contributed by atoms with Crippen LogP contribution < -0.4 is 5.56 Å². The van der Waals surface area contributed by atoms with Gasteiger partial charge in [-0.3, -0.25) is 9.59 Å².